The first-order valence-corrected chi connectivity index (χ1v) is 9.30. The summed E-state index contributed by atoms with van der Waals surface area (Å²) in [4.78, 5) is 34.6. The lowest BCUT2D eigenvalue weighted by Crippen LogP contribution is -2.24. The maximum absolute atomic E-state index is 12.1. The number of nitro benzene ring substituents is 1. The van der Waals surface area contributed by atoms with E-state index in [-0.39, 0.29) is 18.0 Å². The van der Waals surface area contributed by atoms with Crippen LogP contribution in [0.4, 0.5) is 11.4 Å². The number of benzene rings is 2. The van der Waals surface area contributed by atoms with Gasteiger partial charge in [-0.1, -0.05) is 12.1 Å². The number of aryl methyl sites for hydroxylation is 3. The van der Waals surface area contributed by atoms with Crippen LogP contribution >= 0.6 is 0 Å². The predicted octanol–water partition coefficient (Wildman–Crippen LogP) is 3.26. The molecule has 152 valence electrons. The molecule has 0 saturated carbocycles. The second-order valence-electron chi connectivity index (χ2n) is 6.94. The molecule has 2 aromatic rings. The third-order valence-corrected chi connectivity index (χ3v) is 4.97. The van der Waals surface area contributed by atoms with Crippen LogP contribution in [-0.4, -0.2) is 30.0 Å². The topological polar surface area (TPSA) is 108 Å². The Hall–Kier alpha value is -3.42. The van der Waals surface area contributed by atoms with E-state index in [9.17, 15) is 19.7 Å². The Kier molecular flexibility index (Phi) is 6.11. The monoisotopic (exact) mass is 398 g/mol. The molecule has 1 aliphatic carbocycles. The number of fused-ring (bicyclic) bond motifs is 1. The Morgan fingerprint density at radius 2 is 1.86 bits per heavy atom. The second kappa shape index (κ2) is 8.72. The van der Waals surface area contributed by atoms with Gasteiger partial charge in [-0.25, -0.2) is 4.79 Å². The van der Waals surface area contributed by atoms with Gasteiger partial charge in [-0.15, -0.1) is 0 Å². The highest BCUT2D eigenvalue weighted by atomic mass is 16.6. The van der Waals surface area contributed by atoms with Crippen molar-refractivity contribution in [3.8, 4) is 5.75 Å². The van der Waals surface area contributed by atoms with E-state index in [4.69, 9.17) is 9.47 Å². The van der Waals surface area contributed by atoms with Crippen molar-refractivity contribution in [2.75, 3.05) is 18.5 Å². The van der Waals surface area contributed by atoms with E-state index < -0.39 is 23.4 Å². The number of esters is 1. The minimum absolute atomic E-state index is 0.102. The molecule has 8 nitrogen and oxygen atoms in total. The summed E-state index contributed by atoms with van der Waals surface area (Å²) < 4.78 is 10.3. The zero-order valence-electron chi connectivity index (χ0n) is 16.3. The van der Waals surface area contributed by atoms with Gasteiger partial charge in [0, 0.05) is 6.07 Å². The van der Waals surface area contributed by atoms with Gasteiger partial charge in [0.1, 0.15) is 11.4 Å². The zero-order chi connectivity index (χ0) is 21.0. The van der Waals surface area contributed by atoms with Gasteiger partial charge in [0.15, 0.2) is 13.2 Å². The standard InChI is InChI=1S/C21H22N2O6/c1-13-6-9-18(23(26)27)21(14(13)2)22-19(24)11-29-20(25)12-28-17-8-7-15-4-3-5-16(15)10-17/h6-10H,3-5,11-12H2,1-2H3,(H,22,24). The SMILES string of the molecule is Cc1ccc([N+](=O)[O-])c(NC(=O)COC(=O)COc2ccc3c(c2)CCC3)c1C. The van der Waals surface area contributed by atoms with Crippen LogP contribution in [-0.2, 0) is 27.2 Å². The zero-order valence-corrected chi connectivity index (χ0v) is 16.3. The molecular weight excluding hydrogens is 376 g/mol. The molecule has 0 unspecified atom stereocenters. The fourth-order valence-electron chi connectivity index (χ4n) is 3.25. The average Bonchev–Trinajstić information content (AvgIpc) is 3.16. The van der Waals surface area contributed by atoms with Crippen molar-refractivity contribution in [1.29, 1.82) is 0 Å². The fraction of sp³-hybridized carbons (Fsp3) is 0.333. The lowest BCUT2D eigenvalue weighted by molar-refractivity contribution is -0.384. The average molecular weight is 398 g/mol. The highest BCUT2D eigenvalue weighted by Crippen LogP contribution is 2.30. The van der Waals surface area contributed by atoms with E-state index in [1.807, 2.05) is 18.2 Å². The number of carbonyl (C=O) groups excluding carboxylic acids is 2. The van der Waals surface area contributed by atoms with Crippen molar-refractivity contribution in [3.63, 3.8) is 0 Å². The third-order valence-electron chi connectivity index (χ3n) is 4.97. The summed E-state index contributed by atoms with van der Waals surface area (Å²) in [5, 5.41) is 13.6. The lowest BCUT2D eigenvalue weighted by atomic mass is 10.1. The number of nitrogens with one attached hydrogen (secondary N) is 1. The van der Waals surface area contributed by atoms with Crippen LogP contribution in [0.5, 0.6) is 5.75 Å². The Labute approximate surface area is 168 Å². The first-order valence-electron chi connectivity index (χ1n) is 9.30. The Morgan fingerprint density at radius 1 is 1.10 bits per heavy atom. The maximum Gasteiger partial charge on any atom is 0.344 e. The summed E-state index contributed by atoms with van der Waals surface area (Å²) in [6, 6.07) is 8.66. The van der Waals surface area contributed by atoms with Gasteiger partial charge < -0.3 is 14.8 Å². The molecule has 1 amide bonds. The van der Waals surface area contributed by atoms with Crippen molar-refractivity contribution in [2.45, 2.75) is 33.1 Å². The van der Waals surface area contributed by atoms with Gasteiger partial charge in [0.25, 0.3) is 11.6 Å². The number of nitrogens with zero attached hydrogens (tertiary/aromatic N) is 1. The molecule has 8 heteroatoms. The smallest absolute Gasteiger partial charge is 0.344 e. The largest absolute Gasteiger partial charge is 0.482 e. The molecular formula is C21H22N2O6. The number of carbonyl (C=O) groups is 2. The molecule has 0 fully saturated rings. The number of rotatable bonds is 7. The summed E-state index contributed by atoms with van der Waals surface area (Å²) >= 11 is 0. The molecule has 29 heavy (non-hydrogen) atoms. The first-order chi connectivity index (χ1) is 13.8. The number of nitro groups is 1. The molecule has 0 aliphatic heterocycles. The maximum atomic E-state index is 12.1. The molecule has 0 saturated heterocycles. The number of hydrogen-bond donors (Lipinski definition) is 1. The van der Waals surface area contributed by atoms with Crippen molar-refractivity contribution in [1.82, 2.24) is 0 Å². The predicted molar refractivity (Wildman–Crippen MR) is 106 cm³/mol. The van der Waals surface area contributed by atoms with Crippen LogP contribution in [0, 0.1) is 24.0 Å². The normalized spacial score (nSPS) is 12.2. The second-order valence-corrected chi connectivity index (χ2v) is 6.94. The van der Waals surface area contributed by atoms with E-state index in [0.29, 0.717) is 11.3 Å². The quantitative estimate of drug-likeness (QED) is 0.436. The summed E-state index contributed by atoms with van der Waals surface area (Å²) in [6.07, 6.45) is 3.18. The summed E-state index contributed by atoms with van der Waals surface area (Å²) in [5.74, 6) is -0.776. The molecule has 1 aliphatic rings. The van der Waals surface area contributed by atoms with Crippen molar-refractivity contribution < 1.29 is 24.0 Å². The molecule has 0 atom stereocenters. The first kappa shape index (κ1) is 20.3. The Morgan fingerprint density at radius 3 is 2.62 bits per heavy atom. The van der Waals surface area contributed by atoms with E-state index in [0.717, 1.165) is 24.8 Å². The van der Waals surface area contributed by atoms with Crippen LogP contribution in [0.25, 0.3) is 0 Å². The summed E-state index contributed by atoms with van der Waals surface area (Å²) in [5.41, 5.74) is 3.80. The van der Waals surface area contributed by atoms with Crippen LogP contribution in [0.1, 0.15) is 28.7 Å². The van der Waals surface area contributed by atoms with Gasteiger partial charge in [-0.3, -0.25) is 14.9 Å². The van der Waals surface area contributed by atoms with E-state index in [1.54, 1.807) is 19.9 Å². The summed E-state index contributed by atoms with van der Waals surface area (Å²) in [7, 11) is 0. The highest BCUT2D eigenvalue weighted by molar-refractivity contribution is 5.96. The van der Waals surface area contributed by atoms with E-state index in [2.05, 4.69) is 5.32 Å². The molecule has 0 heterocycles. The number of hydrogen-bond acceptors (Lipinski definition) is 6. The van der Waals surface area contributed by atoms with Crippen LogP contribution in [0.3, 0.4) is 0 Å². The molecule has 3 rings (SSSR count). The lowest BCUT2D eigenvalue weighted by Gasteiger charge is -2.12. The number of ether oxygens (including phenoxy) is 2. The third kappa shape index (κ3) is 4.90. The highest BCUT2D eigenvalue weighted by Gasteiger charge is 2.20. The van der Waals surface area contributed by atoms with E-state index in [1.165, 1.54) is 17.2 Å². The van der Waals surface area contributed by atoms with Gasteiger partial charge in [0.2, 0.25) is 0 Å². The van der Waals surface area contributed by atoms with Crippen LogP contribution in [0.2, 0.25) is 0 Å². The van der Waals surface area contributed by atoms with E-state index >= 15 is 0 Å². The number of anilines is 1. The van der Waals surface area contributed by atoms with Crippen molar-refractivity contribution in [3.05, 3.63) is 62.7 Å². The molecule has 1 N–H and O–H groups in total. The minimum atomic E-state index is -0.698. The van der Waals surface area contributed by atoms with Gasteiger partial charge in [-0.2, -0.15) is 0 Å². The Bertz CT molecular complexity index is 970. The molecule has 2 aromatic carbocycles. The van der Waals surface area contributed by atoms with Crippen LogP contribution in [0.15, 0.2) is 30.3 Å². The van der Waals surface area contributed by atoms with Crippen LogP contribution < -0.4 is 10.1 Å². The van der Waals surface area contributed by atoms with Crippen molar-refractivity contribution in [2.24, 2.45) is 0 Å². The minimum Gasteiger partial charge on any atom is -0.482 e. The fourth-order valence-corrected chi connectivity index (χ4v) is 3.25. The number of amides is 1. The van der Waals surface area contributed by atoms with Gasteiger partial charge >= 0.3 is 5.97 Å². The molecule has 0 aromatic heterocycles. The molecule has 0 radical (unpaired) electrons. The summed E-state index contributed by atoms with van der Waals surface area (Å²) in [6.45, 7) is 2.58. The van der Waals surface area contributed by atoms with Crippen molar-refractivity contribution >= 4 is 23.3 Å². The van der Waals surface area contributed by atoms with Gasteiger partial charge in [-0.05, 0) is 67.5 Å². The Balaban J connectivity index is 1.51. The molecule has 0 bridgehead atoms. The molecule has 0 spiro atoms. The van der Waals surface area contributed by atoms with Gasteiger partial charge in [0.05, 0.1) is 4.92 Å².